The van der Waals surface area contributed by atoms with Gasteiger partial charge in [0.2, 0.25) is 11.7 Å². The van der Waals surface area contributed by atoms with Gasteiger partial charge in [-0.3, -0.25) is 4.79 Å². The van der Waals surface area contributed by atoms with Gasteiger partial charge in [-0.15, -0.1) is 0 Å². The Hall–Kier alpha value is -2.78. The van der Waals surface area contributed by atoms with Gasteiger partial charge < -0.3 is 15.0 Å². The highest BCUT2D eigenvalue weighted by atomic mass is 35.5. The maximum atomic E-state index is 12.4. The van der Waals surface area contributed by atoms with Crippen LogP contribution in [0.3, 0.4) is 0 Å². The van der Waals surface area contributed by atoms with Crippen molar-refractivity contribution in [1.29, 1.82) is 0 Å². The maximum absolute atomic E-state index is 12.4. The van der Waals surface area contributed by atoms with E-state index in [4.69, 9.17) is 26.6 Å². The summed E-state index contributed by atoms with van der Waals surface area (Å²) in [5.74, 6) is 4.51. The summed E-state index contributed by atoms with van der Waals surface area (Å²) in [5.41, 5.74) is 5.04. The predicted octanol–water partition coefficient (Wildman–Crippen LogP) is 2.95. The Morgan fingerprint density at radius 1 is 1.38 bits per heavy atom. The van der Waals surface area contributed by atoms with Crippen LogP contribution in [-0.2, 0) is 9.53 Å². The molecule has 0 aliphatic heterocycles. The van der Waals surface area contributed by atoms with Crippen molar-refractivity contribution < 1.29 is 18.8 Å². The van der Waals surface area contributed by atoms with Crippen LogP contribution >= 0.6 is 11.6 Å². The number of esters is 1. The normalized spacial score (nSPS) is 22.1. The molecule has 2 N–H and O–H groups in total. The third-order valence-corrected chi connectivity index (χ3v) is 4.53. The molecule has 2 atom stereocenters. The summed E-state index contributed by atoms with van der Waals surface area (Å²) < 4.78 is 10.5. The number of rotatable bonds is 3. The number of ether oxygens (including phenoxy) is 1. The Morgan fingerprint density at radius 3 is 2.92 bits per heavy atom. The lowest BCUT2D eigenvalue weighted by Crippen LogP contribution is -2.42. The van der Waals surface area contributed by atoms with Crippen molar-refractivity contribution in [1.82, 2.24) is 5.16 Å². The number of carbonyl (C=O) groups is 2. The molecule has 6 nitrogen and oxygen atoms in total. The van der Waals surface area contributed by atoms with Crippen molar-refractivity contribution in [2.24, 2.45) is 11.7 Å². The van der Waals surface area contributed by atoms with Gasteiger partial charge in [0.15, 0.2) is 5.60 Å². The van der Waals surface area contributed by atoms with E-state index >= 15 is 0 Å². The van der Waals surface area contributed by atoms with Gasteiger partial charge in [0.25, 0.3) is 0 Å². The van der Waals surface area contributed by atoms with E-state index in [-0.39, 0.29) is 12.2 Å². The van der Waals surface area contributed by atoms with Gasteiger partial charge in [-0.25, -0.2) is 4.79 Å². The van der Waals surface area contributed by atoms with Crippen LogP contribution in [0.2, 0.25) is 5.02 Å². The standard InChI is InChI=1S/C19H17ClN2O4/c20-15-5-1-3-13(11-15)6-9-19(8-2-4-14(12-19)17(21)23)25-18(24)16-7-10-22-26-16/h1,3,5,7,10-11,14H,2,4,8,12H2,(H2,21,23)/t14-,19+/m1/s1. The van der Waals surface area contributed by atoms with Crippen molar-refractivity contribution >= 4 is 23.5 Å². The molecule has 26 heavy (non-hydrogen) atoms. The van der Waals surface area contributed by atoms with E-state index < -0.39 is 23.4 Å². The van der Waals surface area contributed by atoms with E-state index in [1.807, 2.05) is 0 Å². The first-order valence-electron chi connectivity index (χ1n) is 8.19. The van der Waals surface area contributed by atoms with Crippen LogP contribution in [-0.4, -0.2) is 22.6 Å². The van der Waals surface area contributed by atoms with Gasteiger partial charge in [0, 0.05) is 29.0 Å². The summed E-state index contributed by atoms with van der Waals surface area (Å²) in [6.07, 6.45) is 3.42. The first-order chi connectivity index (χ1) is 12.5. The van der Waals surface area contributed by atoms with Crippen LogP contribution in [0.5, 0.6) is 0 Å². The Labute approximate surface area is 155 Å². The molecule has 7 heteroatoms. The molecule has 1 aromatic heterocycles. The molecule has 2 aromatic rings. The molecule has 0 radical (unpaired) electrons. The molecule has 0 spiro atoms. The van der Waals surface area contributed by atoms with Crippen LogP contribution in [0, 0.1) is 17.8 Å². The fourth-order valence-corrected chi connectivity index (χ4v) is 3.20. The molecule has 1 heterocycles. The zero-order chi connectivity index (χ0) is 18.6. The van der Waals surface area contributed by atoms with Gasteiger partial charge in [-0.05, 0) is 43.4 Å². The van der Waals surface area contributed by atoms with Crippen molar-refractivity contribution in [3.05, 3.63) is 52.9 Å². The molecule has 1 aliphatic rings. The first kappa shape index (κ1) is 18.0. The lowest BCUT2D eigenvalue weighted by molar-refractivity contribution is -0.125. The van der Waals surface area contributed by atoms with Gasteiger partial charge >= 0.3 is 5.97 Å². The molecular formula is C19H17ClN2O4. The molecule has 0 saturated heterocycles. The molecule has 0 bridgehead atoms. The third-order valence-electron chi connectivity index (χ3n) is 4.30. The van der Waals surface area contributed by atoms with Crippen molar-refractivity contribution in [2.45, 2.75) is 31.3 Å². The molecule has 3 rings (SSSR count). The quantitative estimate of drug-likeness (QED) is 0.660. The number of nitrogens with two attached hydrogens (primary N) is 1. The summed E-state index contributed by atoms with van der Waals surface area (Å²) in [4.78, 5) is 24.0. The number of aromatic nitrogens is 1. The summed E-state index contributed by atoms with van der Waals surface area (Å²) in [6.45, 7) is 0. The summed E-state index contributed by atoms with van der Waals surface area (Å²) in [5, 5.41) is 4.06. The van der Waals surface area contributed by atoms with Crippen molar-refractivity contribution in [2.75, 3.05) is 0 Å². The largest absolute Gasteiger partial charge is 0.440 e. The van der Waals surface area contributed by atoms with E-state index in [2.05, 4.69) is 17.0 Å². The minimum atomic E-state index is -1.12. The number of carbonyl (C=O) groups excluding carboxylic acids is 2. The second-order valence-electron chi connectivity index (χ2n) is 6.22. The first-order valence-corrected chi connectivity index (χ1v) is 8.57. The highest BCUT2D eigenvalue weighted by Crippen LogP contribution is 2.36. The molecule has 1 aromatic carbocycles. The number of amides is 1. The average molecular weight is 373 g/mol. The van der Waals surface area contributed by atoms with Gasteiger partial charge in [0.1, 0.15) is 0 Å². The van der Waals surface area contributed by atoms with Crippen LogP contribution in [0.1, 0.15) is 41.8 Å². The second-order valence-corrected chi connectivity index (χ2v) is 6.65. The van der Waals surface area contributed by atoms with E-state index in [0.717, 1.165) is 0 Å². The smallest absolute Gasteiger partial charge is 0.378 e. The van der Waals surface area contributed by atoms with Crippen LogP contribution < -0.4 is 5.73 Å². The highest BCUT2D eigenvalue weighted by molar-refractivity contribution is 6.30. The number of halogens is 1. The average Bonchev–Trinajstić information content (AvgIpc) is 3.15. The maximum Gasteiger partial charge on any atom is 0.378 e. The SMILES string of the molecule is NC(=O)[C@@H]1CCC[C@@](C#Cc2cccc(Cl)c2)(OC(=O)c2ccno2)C1. The fourth-order valence-electron chi connectivity index (χ4n) is 3.01. The lowest BCUT2D eigenvalue weighted by atomic mass is 9.77. The monoisotopic (exact) mass is 372 g/mol. The Morgan fingerprint density at radius 2 is 2.23 bits per heavy atom. The Balaban J connectivity index is 1.91. The minimum absolute atomic E-state index is 0.0184. The zero-order valence-corrected chi connectivity index (χ0v) is 14.7. The lowest BCUT2D eigenvalue weighted by Gasteiger charge is -2.35. The zero-order valence-electron chi connectivity index (χ0n) is 13.9. The van der Waals surface area contributed by atoms with Gasteiger partial charge in [-0.2, -0.15) is 0 Å². The van der Waals surface area contributed by atoms with E-state index in [1.165, 1.54) is 12.3 Å². The van der Waals surface area contributed by atoms with Crippen LogP contribution in [0.25, 0.3) is 0 Å². The van der Waals surface area contributed by atoms with Crippen LogP contribution in [0.15, 0.2) is 41.1 Å². The van der Waals surface area contributed by atoms with Crippen molar-refractivity contribution in [3.8, 4) is 11.8 Å². The fraction of sp³-hybridized carbons (Fsp3) is 0.316. The predicted molar refractivity (Wildman–Crippen MR) is 94.1 cm³/mol. The van der Waals surface area contributed by atoms with Crippen molar-refractivity contribution in [3.63, 3.8) is 0 Å². The third kappa shape index (κ3) is 4.24. The minimum Gasteiger partial charge on any atom is -0.440 e. The molecule has 1 fully saturated rings. The molecular weight excluding hydrogens is 356 g/mol. The summed E-state index contributed by atoms with van der Waals surface area (Å²) in [7, 11) is 0. The number of hydrogen-bond donors (Lipinski definition) is 1. The Bertz CT molecular complexity index is 869. The van der Waals surface area contributed by atoms with Gasteiger partial charge in [-0.1, -0.05) is 28.7 Å². The van der Waals surface area contributed by atoms with E-state index in [9.17, 15) is 9.59 Å². The van der Waals surface area contributed by atoms with E-state index in [1.54, 1.807) is 24.3 Å². The van der Waals surface area contributed by atoms with Crippen LogP contribution in [0.4, 0.5) is 0 Å². The molecule has 0 unspecified atom stereocenters. The number of nitrogens with zero attached hydrogens (tertiary/aromatic N) is 1. The summed E-state index contributed by atoms with van der Waals surface area (Å²) in [6, 6.07) is 8.46. The van der Waals surface area contributed by atoms with Gasteiger partial charge in [0.05, 0.1) is 6.20 Å². The number of hydrogen-bond acceptors (Lipinski definition) is 5. The van der Waals surface area contributed by atoms with E-state index in [0.29, 0.717) is 29.8 Å². The second kappa shape index (κ2) is 7.63. The molecule has 1 saturated carbocycles. The molecule has 1 amide bonds. The molecule has 1 aliphatic carbocycles. The topological polar surface area (TPSA) is 95.4 Å². The Kier molecular flexibility index (Phi) is 5.29. The molecule has 134 valence electrons. The number of primary amides is 1. The summed E-state index contributed by atoms with van der Waals surface area (Å²) >= 11 is 5.98. The highest BCUT2D eigenvalue weighted by Gasteiger charge is 2.41. The number of benzene rings is 1.